The van der Waals surface area contributed by atoms with E-state index >= 15 is 0 Å². The van der Waals surface area contributed by atoms with E-state index in [1.54, 1.807) is 24.7 Å². The van der Waals surface area contributed by atoms with Gasteiger partial charge in [-0.3, -0.25) is 9.78 Å². The Labute approximate surface area is 158 Å². The Morgan fingerprint density at radius 3 is 2.81 bits per heavy atom. The van der Waals surface area contributed by atoms with E-state index in [1.807, 2.05) is 41.3 Å². The van der Waals surface area contributed by atoms with E-state index in [9.17, 15) is 4.79 Å². The third kappa shape index (κ3) is 4.14. The van der Waals surface area contributed by atoms with Gasteiger partial charge in [-0.05, 0) is 43.0 Å². The number of likely N-dealkylation sites (tertiary alicyclic amines) is 1. The molecule has 0 spiro atoms. The number of aromatic nitrogens is 2. The van der Waals surface area contributed by atoms with Gasteiger partial charge in [-0.15, -0.1) is 0 Å². The lowest BCUT2D eigenvalue weighted by atomic mass is 10.0. The number of carbonyl (C=O) groups is 1. The maximum atomic E-state index is 13.1. The molecule has 1 fully saturated rings. The van der Waals surface area contributed by atoms with Gasteiger partial charge in [-0.2, -0.15) is 0 Å². The normalized spacial score (nSPS) is 16.3. The predicted octanol–water partition coefficient (Wildman–Crippen LogP) is 4.12. The molecular weight excluding hydrogens is 338 g/mol. The van der Waals surface area contributed by atoms with Crippen molar-refractivity contribution in [2.75, 3.05) is 6.54 Å². The molecule has 2 aromatic carbocycles. The highest BCUT2D eigenvalue weighted by atomic mass is 16.5. The van der Waals surface area contributed by atoms with Gasteiger partial charge in [0.1, 0.15) is 5.75 Å². The van der Waals surface area contributed by atoms with E-state index < -0.39 is 0 Å². The van der Waals surface area contributed by atoms with E-state index in [0.717, 1.165) is 25.8 Å². The molecule has 0 saturated carbocycles. The highest BCUT2D eigenvalue weighted by Crippen LogP contribution is 2.25. The molecule has 2 heterocycles. The van der Waals surface area contributed by atoms with Crippen molar-refractivity contribution in [1.82, 2.24) is 14.9 Å². The number of hydrogen-bond acceptors (Lipinski definition) is 4. The summed E-state index contributed by atoms with van der Waals surface area (Å²) in [5, 5.41) is 0. The van der Waals surface area contributed by atoms with Crippen LogP contribution in [0.3, 0.4) is 0 Å². The van der Waals surface area contributed by atoms with Gasteiger partial charge in [0, 0.05) is 30.5 Å². The van der Waals surface area contributed by atoms with Crippen LogP contribution >= 0.6 is 0 Å². The zero-order valence-electron chi connectivity index (χ0n) is 15.0. The fraction of sp³-hybridized carbons (Fsp3) is 0.227. The van der Waals surface area contributed by atoms with Crippen LogP contribution in [0.4, 0.5) is 0 Å². The number of ether oxygens (including phenoxy) is 1. The van der Waals surface area contributed by atoms with Crippen LogP contribution in [0.15, 0.2) is 73.2 Å². The van der Waals surface area contributed by atoms with Gasteiger partial charge in [0.05, 0.1) is 6.20 Å². The number of amides is 1. The van der Waals surface area contributed by atoms with E-state index in [2.05, 4.69) is 22.1 Å². The summed E-state index contributed by atoms with van der Waals surface area (Å²) in [4.78, 5) is 23.2. The van der Waals surface area contributed by atoms with Crippen molar-refractivity contribution in [3.8, 4) is 11.6 Å². The summed E-state index contributed by atoms with van der Waals surface area (Å²) in [6.45, 7) is 0.797. The van der Waals surface area contributed by atoms with Gasteiger partial charge >= 0.3 is 0 Å². The summed E-state index contributed by atoms with van der Waals surface area (Å²) in [7, 11) is 0. The Morgan fingerprint density at radius 1 is 1.11 bits per heavy atom. The van der Waals surface area contributed by atoms with E-state index in [-0.39, 0.29) is 11.9 Å². The number of rotatable bonds is 5. The molecule has 1 unspecified atom stereocenters. The molecule has 136 valence electrons. The van der Waals surface area contributed by atoms with Crippen molar-refractivity contribution >= 4 is 5.91 Å². The van der Waals surface area contributed by atoms with Gasteiger partial charge < -0.3 is 9.64 Å². The van der Waals surface area contributed by atoms with Gasteiger partial charge in [-0.1, -0.05) is 36.4 Å². The Bertz CT molecular complexity index is 900. The summed E-state index contributed by atoms with van der Waals surface area (Å²) in [6.07, 6.45) is 7.68. The zero-order chi connectivity index (χ0) is 18.5. The third-order valence-electron chi connectivity index (χ3n) is 4.80. The Morgan fingerprint density at radius 2 is 2.00 bits per heavy atom. The minimum atomic E-state index is 0.0537. The van der Waals surface area contributed by atoms with Crippen molar-refractivity contribution in [3.05, 3.63) is 84.3 Å². The lowest BCUT2D eigenvalue weighted by molar-refractivity contribution is 0.0736. The summed E-state index contributed by atoms with van der Waals surface area (Å²) >= 11 is 0. The van der Waals surface area contributed by atoms with Crippen molar-refractivity contribution < 1.29 is 9.53 Å². The van der Waals surface area contributed by atoms with Crippen molar-refractivity contribution in [1.29, 1.82) is 0 Å². The Hall–Kier alpha value is -3.21. The van der Waals surface area contributed by atoms with E-state index in [1.165, 1.54) is 5.56 Å². The summed E-state index contributed by atoms with van der Waals surface area (Å²) < 4.78 is 5.71. The van der Waals surface area contributed by atoms with Gasteiger partial charge in [-0.25, -0.2) is 4.98 Å². The number of benzene rings is 2. The van der Waals surface area contributed by atoms with Gasteiger partial charge in [0.2, 0.25) is 5.88 Å². The molecule has 27 heavy (non-hydrogen) atoms. The highest BCUT2D eigenvalue weighted by Gasteiger charge is 2.29. The van der Waals surface area contributed by atoms with Crippen LogP contribution < -0.4 is 4.74 Å². The molecule has 5 nitrogen and oxygen atoms in total. The minimum Gasteiger partial charge on any atom is -0.437 e. The van der Waals surface area contributed by atoms with Crippen molar-refractivity contribution in [2.24, 2.45) is 0 Å². The first-order valence-electron chi connectivity index (χ1n) is 9.18. The first-order chi connectivity index (χ1) is 13.3. The molecule has 0 radical (unpaired) electrons. The molecule has 5 heteroatoms. The number of hydrogen-bond donors (Lipinski definition) is 0. The van der Waals surface area contributed by atoms with Crippen LogP contribution in [0, 0.1) is 0 Å². The molecule has 0 N–H and O–H groups in total. The second-order valence-corrected chi connectivity index (χ2v) is 6.66. The van der Waals surface area contributed by atoms with Crippen molar-refractivity contribution in [2.45, 2.75) is 25.3 Å². The van der Waals surface area contributed by atoms with Crippen molar-refractivity contribution in [3.63, 3.8) is 0 Å². The SMILES string of the molecule is O=C(c1cccc(Oc2cnccn2)c1)N1CCCC1Cc1ccccc1. The number of carbonyl (C=O) groups excluding carboxylic acids is 1. The lowest BCUT2D eigenvalue weighted by Crippen LogP contribution is -2.36. The molecule has 0 bridgehead atoms. The molecule has 1 aromatic heterocycles. The quantitative estimate of drug-likeness (QED) is 0.688. The molecule has 4 rings (SSSR count). The minimum absolute atomic E-state index is 0.0537. The number of nitrogens with zero attached hydrogens (tertiary/aromatic N) is 3. The molecule has 1 aliphatic rings. The Balaban J connectivity index is 1.49. The molecule has 0 aliphatic carbocycles. The maximum absolute atomic E-state index is 13.1. The highest BCUT2D eigenvalue weighted by molar-refractivity contribution is 5.95. The maximum Gasteiger partial charge on any atom is 0.254 e. The zero-order valence-corrected chi connectivity index (χ0v) is 15.0. The molecule has 1 amide bonds. The monoisotopic (exact) mass is 359 g/mol. The van der Waals surface area contributed by atoms with Gasteiger partial charge in [0.15, 0.2) is 0 Å². The largest absolute Gasteiger partial charge is 0.437 e. The molecule has 3 aromatic rings. The molecule has 1 aliphatic heterocycles. The van der Waals surface area contributed by atoms with E-state index in [4.69, 9.17) is 4.74 Å². The topological polar surface area (TPSA) is 55.3 Å². The standard InChI is InChI=1S/C22H21N3O2/c26-22(25-13-5-9-19(25)14-17-6-2-1-3-7-17)18-8-4-10-20(15-18)27-21-16-23-11-12-24-21/h1-4,6-8,10-12,15-16,19H,5,9,13-14H2. The lowest BCUT2D eigenvalue weighted by Gasteiger charge is -2.25. The van der Waals surface area contributed by atoms with Crippen LogP contribution in [0.1, 0.15) is 28.8 Å². The third-order valence-corrected chi connectivity index (χ3v) is 4.80. The molecule has 1 saturated heterocycles. The second kappa shape index (κ2) is 7.99. The van der Waals surface area contributed by atoms with Crippen LogP contribution in [0.5, 0.6) is 11.6 Å². The fourth-order valence-electron chi connectivity index (χ4n) is 3.52. The molecule has 1 atom stereocenters. The van der Waals surface area contributed by atoms with Crippen LogP contribution in [0.25, 0.3) is 0 Å². The predicted molar refractivity (Wildman–Crippen MR) is 103 cm³/mol. The van der Waals surface area contributed by atoms with Crippen LogP contribution in [-0.2, 0) is 6.42 Å². The first-order valence-corrected chi connectivity index (χ1v) is 9.18. The molecular formula is C22H21N3O2. The van der Waals surface area contributed by atoms with Crippen LogP contribution in [0.2, 0.25) is 0 Å². The second-order valence-electron chi connectivity index (χ2n) is 6.66. The average Bonchev–Trinajstić information content (AvgIpc) is 3.17. The summed E-state index contributed by atoms with van der Waals surface area (Å²) in [5.74, 6) is 1.04. The fourth-order valence-corrected chi connectivity index (χ4v) is 3.52. The smallest absolute Gasteiger partial charge is 0.254 e. The summed E-state index contributed by atoms with van der Waals surface area (Å²) in [5.41, 5.74) is 1.90. The summed E-state index contributed by atoms with van der Waals surface area (Å²) in [6, 6.07) is 17.9. The average molecular weight is 359 g/mol. The first kappa shape index (κ1) is 17.2. The van der Waals surface area contributed by atoms with E-state index in [0.29, 0.717) is 17.2 Å². The Kier molecular flexibility index (Phi) is 5.10. The van der Waals surface area contributed by atoms with Gasteiger partial charge in [0.25, 0.3) is 5.91 Å². The van der Waals surface area contributed by atoms with Crippen LogP contribution in [-0.4, -0.2) is 33.4 Å².